The van der Waals surface area contributed by atoms with Gasteiger partial charge in [-0.15, -0.1) is 0 Å². The second-order valence-electron chi connectivity index (χ2n) is 6.07. The van der Waals surface area contributed by atoms with E-state index in [-0.39, 0.29) is 24.4 Å². The number of hydrogen-bond donors (Lipinski definition) is 0. The van der Waals surface area contributed by atoms with E-state index in [0.717, 1.165) is 37.4 Å². The lowest BCUT2D eigenvalue weighted by atomic mass is 9.98. The van der Waals surface area contributed by atoms with Gasteiger partial charge in [-0.1, -0.05) is 42.5 Å². The normalized spacial score (nSPS) is 20.4. The minimum Gasteiger partial charge on any atom is -0.461 e. The van der Waals surface area contributed by atoms with Crippen molar-refractivity contribution in [3.8, 4) is 0 Å². The van der Waals surface area contributed by atoms with E-state index < -0.39 is 5.97 Å². The Bertz CT molecular complexity index is 729. The molecule has 0 N–H and O–H groups in total. The molecular formula is C18H18FNO3S2. The van der Waals surface area contributed by atoms with Crippen molar-refractivity contribution in [3.05, 3.63) is 40.6 Å². The van der Waals surface area contributed by atoms with Crippen LogP contribution in [0.15, 0.2) is 29.2 Å². The lowest BCUT2D eigenvalue weighted by Gasteiger charge is -2.23. The van der Waals surface area contributed by atoms with Crippen LogP contribution in [0.5, 0.6) is 0 Å². The molecule has 0 bridgehead atoms. The summed E-state index contributed by atoms with van der Waals surface area (Å²) in [4.78, 5) is 26.2. The maximum absolute atomic E-state index is 13.3. The Balaban J connectivity index is 1.63. The molecule has 25 heavy (non-hydrogen) atoms. The monoisotopic (exact) mass is 379 g/mol. The molecule has 0 unspecified atom stereocenters. The number of thioether (sulfide) groups is 1. The Labute approximate surface area is 155 Å². The zero-order chi connectivity index (χ0) is 17.8. The third-order valence-electron chi connectivity index (χ3n) is 4.16. The molecule has 1 heterocycles. The first kappa shape index (κ1) is 18.1. The molecule has 2 fully saturated rings. The number of nitrogens with zero attached hydrogens (tertiary/aromatic N) is 1. The first-order valence-electron chi connectivity index (χ1n) is 8.23. The van der Waals surface area contributed by atoms with E-state index in [4.69, 9.17) is 17.0 Å². The molecule has 1 saturated heterocycles. The van der Waals surface area contributed by atoms with Gasteiger partial charge in [0.15, 0.2) is 0 Å². The van der Waals surface area contributed by atoms with Crippen LogP contribution in [0.1, 0.15) is 37.7 Å². The van der Waals surface area contributed by atoms with Gasteiger partial charge >= 0.3 is 5.97 Å². The smallest absolute Gasteiger partial charge is 0.326 e. The molecular weight excluding hydrogens is 361 g/mol. The molecule has 1 saturated carbocycles. The Hall–Kier alpha value is -1.73. The predicted octanol–water partition coefficient (Wildman–Crippen LogP) is 3.90. The number of thiocarbonyl (C=S) groups is 1. The number of benzene rings is 1. The molecule has 0 radical (unpaired) electrons. The minimum atomic E-state index is -0.435. The summed E-state index contributed by atoms with van der Waals surface area (Å²) in [6.07, 6.45) is 6.59. The summed E-state index contributed by atoms with van der Waals surface area (Å²) in [6.45, 7) is -0.179. The van der Waals surface area contributed by atoms with Gasteiger partial charge in [-0.3, -0.25) is 14.5 Å². The fraction of sp³-hybridized carbons (Fsp3) is 0.389. The molecule has 7 heteroatoms. The highest BCUT2D eigenvalue weighted by atomic mass is 32.2. The van der Waals surface area contributed by atoms with E-state index in [1.165, 1.54) is 23.5 Å². The highest BCUT2D eigenvalue weighted by Crippen LogP contribution is 2.32. The number of carbonyl (C=O) groups excluding carboxylic acids is 2. The molecule has 0 aromatic heterocycles. The van der Waals surface area contributed by atoms with Gasteiger partial charge in [-0.05, 0) is 49.5 Å². The van der Waals surface area contributed by atoms with Gasteiger partial charge < -0.3 is 4.74 Å². The lowest BCUT2D eigenvalue weighted by Crippen LogP contribution is -2.36. The summed E-state index contributed by atoms with van der Waals surface area (Å²) >= 11 is 6.31. The molecule has 0 spiro atoms. The van der Waals surface area contributed by atoms with Crippen molar-refractivity contribution in [2.24, 2.45) is 0 Å². The predicted molar refractivity (Wildman–Crippen MR) is 99.2 cm³/mol. The van der Waals surface area contributed by atoms with E-state index in [1.54, 1.807) is 18.2 Å². The number of esters is 1. The molecule has 1 amide bonds. The SMILES string of the molecule is O=C(CN1C(=O)/C(=C/c2cccc(F)c2)SC1=S)OC1CCCCC1. The van der Waals surface area contributed by atoms with E-state index in [9.17, 15) is 14.0 Å². The standard InChI is InChI=1S/C18H18FNO3S2/c19-13-6-4-5-12(9-13)10-15-17(22)20(18(24)25-15)11-16(21)23-14-7-2-1-3-8-14/h4-6,9-10,14H,1-3,7-8,11H2/b15-10-. The summed E-state index contributed by atoms with van der Waals surface area (Å²) in [7, 11) is 0. The van der Waals surface area contributed by atoms with Crippen LogP contribution in [-0.4, -0.2) is 33.7 Å². The Morgan fingerprint density at radius 3 is 2.84 bits per heavy atom. The quantitative estimate of drug-likeness (QED) is 0.451. The van der Waals surface area contributed by atoms with Crippen LogP contribution < -0.4 is 0 Å². The van der Waals surface area contributed by atoms with Crippen LogP contribution in [0.3, 0.4) is 0 Å². The van der Waals surface area contributed by atoms with Crippen LogP contribution in [0.4, 0.5) is 4.39 Å². The number of ether oxygens (including phenoxy) is 1. The van der Waals surface area contributed by atoms with Crippen molar-refractivity contribution in [1.82, 2.24) is 4.90 Å². The molecule has 1 aliphatic carbocycles. The van der Waals surface area contributed by atoms with Crippen molar-refractivity contribution < 1.29 is 18.7 Å². The van der Waals surface area contributed by atoms with E-state index in [0.29, 0.717) is 14.8 Å². The van der Waals surface area contributed by atoms with Gasteiger partial charge in [0.1, 0.15) is 22.8 Å². The van der Waals surface area contributed by atoms with Gasteiger partial charge in [0.05, 0.1) is 4.91 Å². The average Bonchev–Trinajstić information content (AvgIpc) is 2.83. The largest absolute Gasteiger partial charge is 0.461 e. The van der Waals surface area contributed by atoms with Crippen molar-refractivity contribution in [2.45, 2.75) is 38.2 Å². The van der Waals surface area contributed by atoms with Crippen molar-refractivity contribution >= 4 is 46.3 Å². The third kappa shape index (κ3) is 4.67. The van der Waals surface area contributed by atoms with Gasteiger partial charge in [0.25, 0.3) is 5.91 Å². The fourth-order valence-electron chi connectivity index (χ4n) is 2.92. The lowest BCUT2D eigenvalue weighted by molar-refractivity contribution is -0.152. The average molecular weight is 379 g/mol. The summed E-state index contributed by atoms with van der Waals surface area (Å²) in [6, 6.07) is 5.95. The number of amides is 1. The van der Waals surface area contributed by atoms with Gasteiger partial charge in [0.2, 0.25) is 0 Å². The third-order valence-corrected chi connectivity index (χ3v) is 5.54. The Morgan fingerprint density at radius 1 is 1.36 bits per heavy atom. The number of carbonyl (C=O) groups is 2. The highest BCUT2D eigenvalue weighted by molar-refractivity contribution is 8.26. The Morgan fingerprint density at radius 2 is 2.12 bits per heavy atom. The molecule has 132 valence electrons. The molecule has 1 aromatic rings. The first-order chi connectivity index (χ1) is 12.0. The first-order valence-corrected chi connectivity index (χ1v) is 9.46. The van der Waals surface area contributed by atoms with Crippen LogP contribution in [-0.2, 0) is 14.3 Å². The zero-order valence-corrected chi connectivity index (χ0v) is 15.2. The van der Waals surface area contributed by atoms with Gasteiger partial charge in [0, 0.05) is 0 Å². The van der Waals surface area contributed by atoms with Gasteiger partial charge in [-0.2, -0.15) is 0 Å². The Kier molecular flexibility index (Phi) is 5.86. The molecule has 1 aliphatic heterocycles. The van der Waals surface area contributed by atoms with E-state index >= 15 is 0 Å². The number of halogens is 1. The highest BCUT2D eigenvalue weighted by Gasteiger charge is 2.34. The molecule has 4 nitrogen and oxygen atoms in total. The molecule has 1 aromatic carbocycles. The van der Waals surface area contributed by atoms with Crippen LogP contribution in [0.25, 0.3) is 6.08 Å². The number of rotatable bonds is 4. The summed E-state index contributed by atoms with van der Waals surface area (Å²) in [5.74, 6) is -1.16. The summed E-state index contributed by atoms with van der Waals surface area (Å²) < 4.78 is 19.0. The second-order valence-corrected chi connectivity index (χ2v) is 7.75. The van der Waals surface area contributed by atoms with Crippen molar-refractivity contribution in [2.75, 3.05) is 6.54 Å². The second kappa shape index (κ2) is 8.10. The zero-order valence-electron chi connectivity index (χ0n) is 13.6. The van der Waals surface area contributed by atoms with Crippen molar-refractivity contribution in [3.63, 3.8) is 0 Å². The fourth-order valence-corrected chi connectivity index (χ4v) is 4.17. The maximum atomic E-state index is 13.3. The van der Waals surface area contributed by atoms with Crippen molar-refractivity contribution in [1.29, 1.82) is 0 Å². The topological polar surface area (TPSA) is 46.6 Å². The van der Waals surface area contributed by atoms with Crippen LogP contribution in [0.2, 0.25) is 0 Å². The molecule has 0 atom stereocenters. The van der Waals surface area contributed by atoms with E-state index in [2.05, 4.69) is 0 Å². The summed E-state index contributed by atoms with van der Waals surface area (Å²) in [5, 5.41) is 0. The van der Waals surface area contributed by atoms with Crippen LogP contribution >= 0.6 is 24.0 Å². The molecule has 2 aliphatic rings. The van der Waals surface area contributed by atoms with Crippen LogP contribution in [0, 0.1) is 5.82 Å². The maximum Gasteiger partial charge on any atom is 0.326 e. The number of hydrogen-bond acceptors (Lipinski definition) is 5. The summed E-state index contributed by atoms with van der Waals surface area (Å²) in [5.41, 5.74) is 0.574. The molecule has 3 rings (SSSR count). The van der Waals surface area contributed by atoms with Gasteiger partial charge in [-0.25, -0.2) is 4.39 Å². The minimum absolute atomic E-state index is 0.0533. The van der Waals surface area contributed by atoms with E-state index in [1.807, 2.05) is 0 Å².